The lowest BCUT2D eigenvalue weighted by atomic mass is 10.0. The van der Waals surface area contributed by atoms with E-state index in [1.54, 1.807) is 18.2 Å². The van der Waals surface area contributed by atoms with E-state index in [1.807, 2.05) is 43.3 Å². The van der Waals surface area contributed by atoms with Crippen molar-refractivity contribution in [2.45, 2.75) is 19.4 Å². The summed E-state index contributed by atoms with van der Waals surface area (Å²) in [6.45, 7) is 2.67. The van der Waals surface area contributed by atoms with Crippen molar-refractivity contribution in [1.29, 1.82) is 0 Å². The van der Waals surface area contributed by atoms with Gasteiger partial charge in [0.15, 0.2) is 0 Å². The summed E-state index contributed by atoms with van der Waals surface area (Å²) in [5.74, 6) is -1.14. The SMILES string of the molecule is C[C@@H](CNC(=O)C(=O)NCc1cccc(Cl)c1)c1ccccc1. The van der Waals surface area contributed by atoms with Crippen LogP contribution in [0.15, 0.2) is 54.6 Å². The molecule has 0 fully saturated rings. The third-order valence-corrected chi connectivity index (χ3v) is 3.72. The molecular formula is C18H19ClN2O2. The zero-order chi connectivity index (χ0) is 16.7. The van der Waals surface area contributed by atoms with Crippen LogP contribution in [0.25, 0.3) is 0 Å². The van der Waals surface area contributed by atoms with E-state index >= 15 is 0 Å². The van der Waals surface area contributed by atoms with Crippen LogP contribution in [0.3, 0.4) is 0 Å². The first kappa shape index (κ1) is 17.0. The highest BCUT2D eigenvalue weighted by atomic mass is 35.5. The number of amides is 2. The molecule has 0 aliphatic rings. The van der Waals surface area contributed by atoms with Gasteiger partial charge in [-0.1, -0.05) is 61.0 Å². The van der Waals surface area contributed by atoms with Crippen LogP contribution < -0.4 is 10.6 Å². The summed E-state index contributed by atoms with van der Waals surface area (Å²) in [7, 11) is 0. The van der Waals surface area contributed by atoms with Crippen molar-refractivity contribution in [2.75, 3.05) is 6.54 Å². The van der Waals surface area contributed by atoms with Gasteiger partial charge in [-0.25, -0.2) is 0 Å². The molecule has 120 valence electrons. The van der Waals surface area contributed by atoms with E-state index < -0.39 is 11.8 Å². The van der Waals surface area contributed by atoms with Crippen molar-refractivity contribution in [1.82, 2.24) is 10.6 Å². The van der Waals surface area contributed by atoms with Crippen molar-refractivity contribution < 1.29 is 9.59 Å². The summed E-state index contributed by atoms with van der Waals surface area (Å²) in [4.78, 5) is 23.6. The summed E-state index contributed by atoms with van der Waals surface area (Å²) < 4.78 is 0. The standard InChI is InChI=1S/C18H19ClN2O2/c1-13(15-7-3-2-4-8-15)11-20-17(22)18(23)21-12-14-6-5-9-16(19)10-14/h2-10,13H,11-12H2,1H3,(H,20,22)(H,21,23)/t13-/m0/s1. The van der Waals surface area contributed by atoms with E-state index in [0.717, 1.165) is 11.1 Å². The lowest BCUT2D eigenvalue weighted by molar-refractivity contribution is -0.139. The number of hydrogen-bond acceptors (Lipinski definition) is 2. The Kier molecular flexibility index (Phi) is 6.18. The Bertz CT molecular complexity index is 674. The first-order valence-corrected chi connectivity index (χ1v) is 7.79. The van der Waals surface area contributed by atoms with Gasteiger partial charge in [0.25, 0.3) is 0 Å². The van der Waals surface area contributed by atoms with E-state index in [-0.39, 0.29) is 12.5 Å². The molecule has 5 heteroatoms. The zero-order valence-electron chi connectivity index (χ0n) is 12.9. The summed E-state index contributed by atoms with van der Waals surface area (Å²) >= 11 is 5.87. The van der Waals surface area contributed by atoms with Crippen LogP contribution in [0.2, 0.25) is 5.02 Å². The quantitative estimate of drug-likeness (QED) is 0.828. The third kappa shape index (κ3) is 5.42. The average Bonchev–Trinajstić information content (AvgIpc) is 2.58. The molecule has 2 aromatic carbocycles. The summed E-state index contributed by atoms with van der Waals surface area (Å²) in [6, 6.07) is 17.0. The Hall–Kier alpha value is -2.33. The van der Waals surface area contributed by atoms with Crippen LogP contribution in [0.5, 0.6) is 0 Å². The van der Waals surface area contributed by atoms with Gasteiger partial charge >= 0.3 is 11.8 Å². The molecule has 4 nitrogen and oxygen atoms in total. The number of benzene rings is 2. The lowest BCUT2D eigenvalue weighted by Gasteiger charge is -2.13. The Balaban J connectivity index is 1.78. The fraction of sp³-hybridized carbons (Fsp3) is 0.222. The van der Waals surface area contributed by atoms with Crippen molar-refractivity contribution in [3.05, 3.63) is 70.7 Å². The number of carbonyl (C=O) groups is 2. The van der Waals surface area contributed by atoms with Crippen molar-refractivity contribution in [3.8, 4) is 0 Å². The molecular weight excluding hydrogens is 312 g/mol. The number of rotatable bonds is 5. The molecule has 2 amide bonds. The summed E-state index contributed by atoms with van der Waals surface area (Å²) in [5.41, 5.74) is 1.96. The molecule has 0 aliphatic heterocycles. The van der Waals surface area contributed by atoms with E-state index in [4.69, 9.17) is 11.6 Å². The van der Waals surface area contributed by atoms with Crippen LogP contribution in [-0.2, 0) is 16.1 Å². The van der Waals surface area contributed by atoms with Gasteiger partial charge in [0.1, 0.15) is 0 Å². The minimum absolute atomic E-state index is 0.140. The Morgan fingerprint density at radius 1 is 1.00 bits per heavy atom. The number of halogens is 1. The minimum atomic E-state index is -0.648. The number of carbonyl (C=O) groups excluding carboxylic acids is 2. The molecule has 0 saturated heterocycles. The second kappa shape index (κ2) is 8.34. The smallest absolute Gasteiger partial charge is 0.309 e. The molecule has 0 bridgehead atoms. The maximum absolute atomic E-state index is 11.8. The average molecular weight is 331 g/mol. The fourth-order valence-electron chi connectivity index (χ4n) is 2.14. The van der Waals surface area contributed by atoms with Gasteiger partial charge in [0, 0.05) is 18.1 Å². The molecule has 0 saturated carbocycles. The van der Waals surface area contributed by atoms with Crippen LogP contribution >= 0.6 is 11.6 Å². The van der Waals surface area contributed by atoms with Crippen LogP contribution in [0.4, 0.5) is 0 Å². The van der Waals surface area contributed by atoms with Gasteiger partial charge < -0.3 is 10.6 Å². The maximum atomic E-state index is 11.8. The monoisotopic (exact) mass is 330 g/mol. The van der Waals surface area contributed by atoms with E-state index in [2.05, 4.69) is 10.6 Å². The molecule has 0 spiro atoms. The molecule has 1 atom stereocenters. The highest BCUT2D eigenvalue weighted by Crippen LogP contribution is 2.13. The highest BCUT2D eigenvalue weighted by Gasteiger charge is 2.14. The third-order valence-electron chi connectivity index (χ3n) is 3.49. The predicted octanol–water partition coefficient (Wildman–Crippen LogP) is 2.88. The van der Waals surface area contributed by atoms with Crippen LogP contribution in [0.1, 0.15) is 24.0 Å². The minimum Gasteiger partial charge on any atom is -0.347 e. The number of nitrogens with one attached hydrogen (secondary N) is 2. The van der Waals surface area contributed by atoms with E-state index in [0.29, 0.717) is 11.6 Å². The fourth-order valence-corrected chi connectivity index (χ4v) is 2.35. The van der Waals surface area contributed by atoms with Crippen LogP contribution in [0, 0.1) is 0 Å². The van der Waals surface area contributed by atoms with Gasteiger partial charge in [-0.15, -0.1) is 0 Å². The molecule has 2 aromatic rings. The van der Waals surface area contributed by atoms with E-state index in [1.165, 1.54) is 0 Å². The van der Waals surface area contributed by atoms with Crippen molar-refractivity contribution in [2.24, 2.45) is 0 Å². The molecule has 2 N–H and O–H groups in total. The van der Waals surface area contributed by atoms with Crippen molar-refractivity contribution >= 4 is 23.4 Å². The molecule has 0 aliphatic carbocycles. The molecule has 0 unspecified atom stereocenters. The number of hydrogen-bond donors (Lipinski definition) is 2. The van der Waals surface area contributed by atoms with Gasteiger partial charge in [-0.05, 0) is 29.2 Å². The van der Waals surface area contributed by atoms with Gasteiger partial charge in [0.2, 0.25) is 0 Å². The Morgan fingerprint density at radius 2 is 1.70 bits per heavy atom. The zero-order valence-corrected chi connectivity index (χ0v) is 13.6. The topological polar surface area (TPSA) is 58.2 Å². The molecule has 0 heterocycles. The van der Waals surface area contributed by atoms with Gasteiger partial charge in [0.05, 0.1) is 0 Å². The van der Waals surface area contributed by atoms with Crippen molar-refractivity contribution in [3.63, 3.8) is 0 Å². The second-order valence-electron chi connectivity index (χ2n) is 5.33. The Morgan fingerprint density at radius 3 is 2.39 bits per heavy atom. The first-order chi connectivity index (χ1) is 11.1. The largest absolute Gasteiger partial charge is 0.347 e. The van der Waals surface area contributed by atoms with Gasteiger partial charge in [-0.3, -0.25) is 9.59 Å². The molecule has 23 heavy (non-hydrogen) atoms. The predicted molar refractivity (Wildman–Crippen MR) is 91.2 cm³/mol. The van der Waals surface area contributed by atoms with Gasteiger partial charge in [-0.2, -0.15) is 0 Å². The Labute approximate surface area is 140 Å². The van der Waals surface area contributed by atoms with Crippen LogP contribution in [-0.4, -0.2) is 18.4 Å². The molecule has 0 radical (unpaired) electrons. The molecule has 0 aromatic heterocycles. The second-order valence-corrected chi connectivity index (χ2v) is 5.77. The first-order valence-electron chi connectivity index (χ1n) is 7.41. The van der Waals surface area contributed by atoms with E-state index in [9.17, 15) is 9.59 Å². The highest BCUT2D eigenvalue weighted by molar-refractivity contribution is 6.35. The maximum Gasteiger partial charge on any atom is 0.309 e. The normalized spacial score (nSPS) is 11.6. The molecule has 2 rings (SSSR count). The summed E-state index contributed by atoms with van der Waals surface area (Å²) in [5, 5.41) is 5.83. The lowest BCUT2D eigenvalue weighted by Crippen LogP contribution is -2.40. The summed E-state index contributed by atoms with van der Waals surface area (Å²) in [6.07, 6.45) is 0.